The first-order chi connectivity index (χ1) is 9.21. The third-order valence-electron chi connectivity index (χ3n) is 3.82. The summed E-state index contributed by atoms with van der Waals surface area (Å²) in [5.41, 5.74) is 3.94. The molecule has 1 aromatic carbocycles. The Morgan fingerprint density at radius 1 is 1.37 bits per heavy atom. The highest BCUT2D eigenvalue weighted by Gasteiger charge is 2.33. The van der Waals surface area contributed by atoms with Gasteiger partial charge in [-0.3, -0.25) is 11.3 Å². The van der Waals surface area contributed by atoms with Crippen LogP contribution in [0.2, 0.25) is 0 Å². The maximum atomic E-state index is 5.75. The van der Waals surface area contributed by atoms with Crippen molar-refractivity contribution in [2.45, 2.75) is 25.5 Å². The number of hydrogen-bond acceptors (Lipinski definition) is 5. The summed E-state index contributed by atoms with van der Waals surface area (Å²) in [6.45, 7) is 2.86. The Labute approximate surface area is 114 Å². The zero-order valence-corrected chi connectivity index (χ0v) is 11.7. The summed E-state index contributed by atoms with van der Waals surface area (Å²) >= 11 is 0. The maximum absolute atomic E-state index is 5.75. The monoisotopic (exact) mass is 266 g/mol. The third-order valence-corrected chi connectivity index (χ3v) is 3.82. The van der Waals surface area contributed by atoms with Crippen molar-refractivity contribution < 1.29 is 14.2 Å². The Morgan fingerprint density at radius 2 is 2.16 bits per heavy atom. The molecule has 0 amide bonds. The molecular formula is C14H22N2O3. The van der Waals surface area contributed by atoms with Crippen molar-refractivity contribution in [2.24, 2.45) is 11.8 Å². The van der Waals surface area contributed by atoms with Crippen LogP contribution in [0.5, 0.6) is 11.5 Å². The van der Waals surface area contributed by atoms with E-state index in [-0.39, 0.29) is 12.1 Å². The molecule has 1 saturated heterocycles. The van der Waals surface area contributed by atoms with Crippen LogP contribution in [0.4, 0.5) is 0 Å². The van der Waals surface area contributed by atoms with Gasteiger partial charge in [-0.15, -0.1) is 0 Å². The molecule has 106 valence electrons. The van der Waals surface area contributed by atoms with Crippen LogP contribution in [-0.2, 0) is 4.74 Å². The number of benzene rings is 1. The van der Waals surface area contributed by atoms with Gasteiger partial charge in [0, 0.05) is 24.2 Å². The lowest BCUT2D eigenvalue weighted by molar-refractivity contribution is 0.0950. The number of hydrogen-bond donors (Lipinski definition) is 2. The van der Waals surface area contributed by atoms with Crippen molar-refractivity contribution in [3.8, 4) is 11.5 Å². The van der Waals surface area contributed by atoms with Crippen molar-refractivity contribution in [1.82, 2.24) is 5.43 Å². The lowest BCUT2D eigenvalue weighted by atomic mass is 9.88. The maximum Gasteiger partial charge on any atom is 0.127 e. The summed E-state index contributed by atoms with van der Waals surface area (Å²) < 4.78 is 16.3. The van der Waals surface area contributed by atoms with E-state index in [4.69, 9.17) is 20.1 Å². The molecule has 3 unspecified atom stereocenters. The van der Waals surface area contributed by atoms with Crippen molar-refractivity contribution in [3.05, 3.63) is 23.8 Å². The lowest BCUT2D eigenvalue weighted by Crippen LogP contribution is -2.36. The average Bonchev–Trinajstić information content (AvgIpc) is 2.86. The predicted octanol–water partition coefficient (Wildman–Crippen LogP) is 1.63. The minimum absolute atomic E-state index is 0.0124. The van der Waals surface area contributed by atoms with E-state index in [2.05, 4.69) is 12.3 Å². The fourth-order valence-electron chi connectivity index (χ4n) is 2.71. The van der Waals surface area contributed by atoms with Crippen LogP contribution in [0.15, 0.2) is 18.2 Å². The van der Waals surface area contributed by atoms with Gasteiger partial charge in [-0.1, -0.05) is 6.07 Å². The normalized spacial score (nSPS) is 24.2. The Morgan fingerprint density at radius 3 is 2.68 bits per heavy atom. The van der Waals surface area contributed by atoms with Gasteiger partial charge in [-0.2, -0.15) is 0 Å². The molecule has 0 bridgehead atoms. The first kappa shape index (κ1) is 14.1. The van der Waals surface area contributed by atoms with Gasteiger partial charge in [0.15, 0.2) is 0 Å². The lowest BCUT2D eigenvalue weighted by Gasteiger charge is -2.27. The molecule has 2 rings (SSSR count). The second-order valence-corrected chi connectivity index (χ2v) is 4.78. The second-order valence-electron chi connectivity index (χ2n) is 4.78. The minimum Gasteiger partial charge on any atom is -0.497 e. The second kappa shape index (κ2) is 6.23. The Kier molecular flexibility index (Phi) is 4.63. The van der Waals surface area contributed by atoms with E-state index in [1.807, 2.05) is 18.2 Å². The molecule has 5 nitrogen and oxygen atoms in total. The smallest absolute Gasteiger partial charge is 0.127 e. The number of rotatable bonds is 5. The van der Waals surface area contributed by atoms with Crippen LogP contribution in [0.25, 0.3) is 0 Å². The molecular weight excluding hydrogens is 244 g/mol. The molecule has 5 heteroatoms. The Bertz CT molecular complexity index is 425. The number of ether oxygens (including phenoxy) is 3. The van der Waals surface area contributed by atoms with Gasteiger partial charge < -0.3 is 14.2 Å². The van der Waals surface area contributed by atoms with E-state index in [1.165, 1.54) is 0 Å². The fraction of sp³-hybridized carbons (Fsp3) is 0.571. The quantitative estimate of drug-likeness (QED) is 0.626. The Balaban J connectivity index is 2.31. The molecule has 1 aromatic rings. The van der Waals surface area contributed by atoms with Crippen molar-refractivity contribution in [3.63, 3.8) is 0 Å². The number of hydrazine groups is 1. The molecule has 3 N–H and O–H groups in total. The van der Waals surface area contributed by atoms with Crippen LogP contribution in [0.3, 0.4) is 0 Å². The highest BCUT2D eigenvalue weighted by atomic mass is 16.5. The summed E-state index contributed by atoms with van der Waals surface area (Å²) in [5.74, 6) is 7.64. The van der Waals surface area contributed by atoms with Gasteiger partial charge in [0.1, 0.15) is 11.5 Å². The molecule has 0 aliphatic carbocycles. The molecule has 0 radical (unpaired) electrons. The van der Waals surface area contributed by atoms with Crippen LogP contribution in [0, 0.1) is 5.92 Å². The molecule has 1 heterocycles. The molecule has 19 heavy (non-hydrogen) atoms. The highest BCUT2D eigenvalue weighted by Crippen LogP contribution is 2.38. The first-order valence-corrected chi connectivity index (χ1v) is 6.51. The van der Waals surface area contributed by atoms with Crippen molar-refractivity contribution in [2.75, 3.05) is 20.8 Å². The molecule has 0 spiro atoms. The van der Waals surface area contributed by atoms with Gasteiger partial charge in [-0.25, -0.2) is 0 Å². The summed E-state index contributed by atoms with van der Waals surface area (Å²) in [6.07, 6.45) is 1.18. The van der Waals surface area contributed by atoms with Crippen LogP contribution < -0.4 is 20.7 Å². The summed E-state index contributed by atoms with van der Waals surface area (Å²) in [7, 11) is 3.29. The predicted molar refractivity (Wildman–Crippen MR) is 73.1 cm³/mol. The van der Waals surface area contributed by atoms with E-state index >= 15 is 0 Å². The molecule has 3 atom stereocenters. The summed E-state index contributed by atoms with van der Waals surface area (Å²) in [4.78, 5) is 0. The van der Waals surface area contributed by atoms with Crippen LogP contribution >= 0.6 is 0 Å². The SMILES string of the molecule is COc1ccc(C(NN)C2CCOC2C)c(OC)c1. The van der Waals surface area contributed by atoms with E-state index in [1.54, 1.807) is 14.2 Å². The van der Waals surface area contributed by atoms with Crippen LogP contribution in [-0.4, -0.2) is 26.9 Å². The number of nitrogens with one attached hydrogen (secondary N) is 1. The molecule has 0 saturated carbocycles. The third kappa shape index (κ3) is 2.83. The first-order valence-electron chi connectivity index (χ1n) is 6.51. The zero-order chi connectivity index (χ0) is 13.8. The van der Waals surface area contributed by atoms with E-state index in [9.17, 15) is 0 Å². The molecule has 1 aliphatic heterocycles. The molecule has 0 aromatic heterocycles. The van der Waals surface area contributed by atoms with E-state index in [0.717, 1.165) is 30.1 Å². The van der Waals surface area contributed by atoms with Gasteiger partial charge in [-0.05, 0) is 19.4 Å². The van der Waals surface area contributed by atoms with E-state index < -0.39 is 0 Å². The molecule has 1 fully saturated rings. The Hall–Kier alpha value is -1.30. The summed E-state index contributed by atoms with van der Waals surface area (Å²) in [5, 5.41) is 0. The fourth-order valence-corrected chi connectivity index (χ4v) is 2.71. The van der Waals surface area contributed by atoms with Crippen LogP contribution in [0.1, 0.15) is 24.9 Å². The minimum atomic E-state index is 0.0124. The summed E-state index contributed by atoms with van der Waals surface area (Å²) in [6, 6.07) is 5.80. The van der Waals surface area contributed by atoms with Gasteiger partial charge in [0.05, 0.1) is 26.4 Å². The number of nitrogens with two attached hydrogens (primary N) is 1. The zero-order valence-electron chi connectivity index (χ0n) is 11.7. The number of methoxy groups -OCH3 is 2. The van der Waals surface area contributed by atoms with Gasteiger partial charge in [0.2, 0.25) is 0 Å². The van der Waals surface area contributed by atoms with Gasteiger partial charge in [0.25, 0.3) is 0 Å². The van der Waals surface area contributed by atoms with E-state index in [0.29, 0.717) is 5.92 Å². The van der Waals surface area contributed by atoms with Crippen molar-refractivity contribution >= 4 is 0 Å². The van der Waals surface area contributed by atoms with Crippen molar-refractivity contribution in [1.29, 1.82) is 0 Å². The standard InChI is InChI=1S/C14H22N2O3/c1-9-11(6-7-19-9)14(16-15)12-5-4-10(17-2)8-13(12)18-3/h4-5,8-9,11,14,16H,6-7,15H2,1-3H3. The highest BCUT2D eigenvalue weighted by molar-refractivity contribution is 5.43. The largest absolute Gasteiger partial charge is 0.497 e. The topological polar surface area (TPSA) is 65.7 Å². The molecule has 1 aliphatic rings. The van der Waals surface area contributed by atoms with Gasteiger partial charge >= 0.3 is 0 Å². The average molecular weight is 266 g/mol.